The van der Waals surface area contributed by atoms with Crippen LogP contribution < -0.4 is 5.73 Å². The van der Waals surface area contributed by atoms with Gasteiger partial charge in [-0.15, -0.1) is 0 Å². The van der Waals surface area contributed by atoms with Gasteiger partial charge in [0.15, 0.2) is 9.84 Å². The molecular formula is C13H26N2O2S. The first kappa shape index (κ1) is 14.3. The maximum absolute atomic E-state index is 12.1. The van der Waals surface area contributed by atoms with Gasteiger partial charge in [-0.2, -0.15) is 0 Å². The number of sulfone groups is 1. The average Bonchev–Trinajstić information content (AvgIpc) is 2.58. The van der Waals surface area contributed by atoms with Crippen molar-refractivity contribution in [3.8, 4) is 0 Å². The van der Waals surface area contributed by atoms with Gasteiger partial charge in [0.25, 0.3) is 0 Å². The molecule has 0 aromatic carbocycles. The molecule has 0 amide bonds. The lowest BCUT2D eigenvalue weighted by Crippen LogP contribution is -2.60. The molecule has 106 valence electrons. The van der Waals surface area contributed by atoms with Crippen LogP contribution in [-0.2, 0) is 9.84 Å². The fraction of sp³-hybridized carbons (Fsp3) is 1.00. The Labute approximate surface area is 111 Å². The maximum Gasteiger partial charge on any atom is 0.152 e. The fourth-order valence-corrected chi connectivity index (χ4v) is 5.63. The minimum Gasteiger partial charge on any atom is -0.329 e. The highest BCUT2D eigenvalue weighted by Gasteiger charge is 2.50. The van der Waals surface area contributed by atoms with Gasteiger partial charge in [-0.1, -0.05) is 19.3 Å². The molecule has 5 heteroatoms. The summed E-state index contributed by atoms with van der Waals surface area (Å²) in [6.07, 6.45) is 8.99. The Morgan fingerprint density at radius 2 is 1.78 bits per heavy atom. The second kappa shape index (κ2) is 5.47. The zero-order valence-corrected chi connectivity index (χ0v) is 12.2. The highest BCUT2D eigenvalue weighted by atomic mass is 32.2. The predicted molar refractivity (Wildman–Crippen MR) is 74.3 cm³/mol. The van der Waals surface area contributed by atoms with Crippen molar-refractivity contribution < 1.29 is 8.42 Å². The SMILES string of the molecule is CS(=O)(=O)C1CCCC1(CN)N1CCCCCC1. The smallest absolute Gasteiger partial charge is 0.152 e. The Morgan fingerprint density at radius 1 is 1.17 bits per heavy atom. The number of hydrogen-bond donors (Lipinski definition) is 1. The van der Waals surface area contributed by atoms with Gasteiger partial charge in [-0.05, 0) is 38.8 Å². The lowest BCUT2D eigenvalue weighted by molar-refractivity contribution is 0.106. The van der Waals surface area contributed by atoms with E-state index in [0.29, 0.717) is 6.54 Å². The molecule has 0 aromatic heterocycles. The summed E-state index contributed by atoms with van der Waals surface area (Å²) in [4.78, 5) is 2.40. The number of likely N-dealkylation sites (tertiary alicyclic amines) is 1. The fourth-order valence-electron chi connectivity index (χ4n) is 3.88. The van der Waals surface area contributed by atoms with Crippen molar-refractivity contribution in [3.05, 3.63) is 0 Å². The topological polar surface area (TPSA) is 63.4 Å². The van der Waals surface area contributed by atoms with E-state index in [1.54, 1.807) is 0 Å². The number of nitrogens with zero attached hydrogens (tertiary/aromatic N) is 1. The van der Waals surface area contributed by atoms with Gasteiger partial charge in [-0.25, -0.2) is 8.42 Å². The number of rotatable bonds is 3. The van der Waals surface area contributed by atoms with Gasteiger partial charge in [0.1, 0.15) is 0 Å². The summed E-state index contributed by atoms with van der Waals surface area (Å²) in [7, 11) is -3.01. The Bertz CT molecular complexity index is 374. The van der Waals surface area contributed by atoms with Crippen LogP contribution in [0.1, 0.15) is 44.9 Å². The van der Waals surface area contributed by atoms with Crippen molar-refractivity contribution in [2.45, 2.75) is 55.7 Å². The first-order valence-corrected chi connectivity index (χ1v) is 9.10. The summed E-state index contributed by atoms with van der Waals surface area (Å²) in [6.45, 7) is 2.51. The molecule has 0 aromatic rings. The quantitative estimate of drug-likeness (QED) is 0.839. The van der Waals surface area contributed by atoms with Gasteiger partial charge in [0.2, 0.25) is 0 Å². The molecule has 2 rings (SSSR count). The van der Waals surface area contributed by atoms with Crippen LogP contribution in [-0.4, -0.2) is 50.0 Å². The molecule has 0 bridgehead atoms. The van der Waals surface area contributed by atoms with Gasteiger partial charge in [0, 0.05) is 18.3 Å². The van der Waals surface area contributed by atoms with E-state index in [4.69, 9.17) is 5.73 Å². The summed E-state index contributed by atoms with van der Waals surface area (Å²) in [6, 6.07) is 0. The van der Waals surface area contributed by atoms with Crippen LogP contribution in [0.4, 0.5) is 0 Å². The third-order valence-electron chi connectivity index (χ3n) is 4.78. The van der Waals surface area contributed by atoms with Crippen LogP contribution in [0.25, 0.3) is 0 Å². The average molecular weight is 274 g/mol. The molecule has 2 unspecified atom stereocenters. The molecule has 1 aliphatic heterocycles. The van der Waals surface area contributed by atoms with Gasteiger partial charge in [0.05, 0.1) is 5.25 Å². The van der Waals surface area contributed by atoms with Gasteiger partial charge < -0.3 is 5.73 Å². The van der Waals surface area contributed by atoms with Crippen molar-refractivity contribution in [2.24, 2.45) is 5.73 Å². The summed E-state index contributed by atoms with van der Waals surface area (Å²) < 4.78 is 24.1. The van der Waals surface area contributed by atoms with Crippen LogP contribution in [0.2, 0.25) is 0 Å². The molecule has 0 spiro atoms. The number of nitrogens with two attached hydrogens (primary N) is 1. The third-order valence-corrected chi connectivity index (χ3v) is 6.49. The Morgan fingerprint density at radius 3 is 2.28 bits per heavy atom. The molecule has 2 atom stereocenters. The van der Waals surface area contributed by atoms with Crippen LogP contribution in [0, 0.1) is 0 Å². The van der Waals surface area contributed by atoms with E-state index in [0.717, 1.165) is 32.4 Å². The van der Waals surface area contributed by atoms with Crippen molar-refractivity contribution in [1.29, 1.82) is 0 Å². The molecule has 2 N–H and O–H groups in total. The van der Waals surface area contributed by atoms with Crippen molar-refractivity contribution in [1.82, 2.24) is 4.90 Å². The molecule has 2 aliphatic rings. The molecule has 1 saturated heterocycles. The molecule has 1 heterocycles. The predicted octanol–water partition coefficient (Wildman–Crippen LogP) is 1.16. The second-order valence-corrected chi connectivity index (χ2v) is 8.15. The summed E-state index contributed by atoms with van der Waals surface area (Å²) in [5, 5.41) is -0.256. The molecule has 18 heavy (non-hydrogen) atoms. The molecule has 0 radical (unpaired) electrons. The van der Waals surface area contributed by atoms with E-state index in [2.05, 4.69) is 4.90 Å². The van der Waals surface area contributed by atoms with Crippen molar-refractivity contribution in [3.63, 3.8) is 0 Å². The third kappa shape index (κ3) is 2.58. The lowest BCUT2D eigenvalue weighted by atomic mass is 9.94. The molecule has 2 fully saturated rings. The number of hydrogen-bond acceptors (Lipinski definition) is 4. The Balaban J connectivity index is 2.27. The summed E-state index contributed by atoms with van der Waals surface area (Å²) in [5.74, 6) is 0. The van der Waals surface area contributed by atoms with E-state index in [1.807, 2.05) is 0 Å². The van der Waals surface area contributed by atoms with Gasteiger partial charge in [-0.3, -0.25) is 4.90 Å². The second-order valence-electron chi connectivity index (χ2n) is 5.92. The lowest BCUT2D eigenvalue weighted by Gasteiger charge is -2.43. The van der Waals surface area contributed by atoms with E-state index in [9.17, 15) is 8.42 Å². The van der Waals surface area contributed by atoms with Crippen LogP contribution in [0.5, 0.6) is 0 Å². The molecule has 1 aliphatic carbocycles. The van der Waals surface area contributed by atoms with Crippen LogP contribution in [0.3, 0.4) is 0 Å². The van der Waals surface area contributed by atoms with Crippen molar-refractivity contribution in [2.75, 3.05) is 25.9 Å². The molecular weight excluding hydrogens is 248 g/mol. The van der Waals surface area contributed by atoms with E-state index >= 15 is 0 Å². The zero-order chi connectivity index (χ0) is 13.2. The minimum atomic E-state index is -3.01. The normalized spacial score (nSPS) is 35.6. The van der Waals surface area contributed by atoms with Crippen LogP contribution >= 0.6 is 0 Å². The van der Waals surface area contributed by atoms with E-state index < -0.39 is 9.84 Å². The van der Waals surface area contributed by atoms with E-state index in [-0.39, 0.29) is 10.8 Å². The highest BCUT2D eigenvalue weighted by Crippen LogP contribution is 2.39. The highest BCUT2D eigenvalue weighted by molar-refractivity contribution is 7.91. The zero-order valence-electron chi connectivity index (χ0n) is 11.4. The Kier molecular flexibility index (Phi) is 4.34. The van der Waals surface area contributed by atoms with E-state index in [1.165, 1.54) is 31.9 Å². The first-order chi connectivity index (χ1) is 8.50. The standard InChI is InChI=1S/C13H26N2O2S/c1-18(16,17)12-7-6-8-13(12,11-14)15-9-4-2-3-5-10-15/h12H,2-11,14H2,1H3. The van der Waals surface area contributed by atoms with Crippen molar-refractivity contribution >= 4 is 9.84 Å². The first-order valence-electron chi connectivity index (χ1n) is 7.15. The summed E-state index contributed by atoms with van der Waals surface area (Å²) >= 11 is 0. The molecule has 1 saturated carbocycles. The Hall–Kier alpha value is -0.130. The minimum absolute atomic E-state index is 0.256. The monoisotopic (exact) mass is 274 g/mol. The largest absolute Gasteiger partial charge is 0.329 e. The molecule has 4 nitrogen and oxygen atoms in total. The summed E-state index contributed by atoms with van der Waals surface area (Å²) in [5.41, 5.74) is 5.75. The van der Waals surface area contributed by atoms with Gasteiger partial charge >= 0.3 is 0 Å². The maximum atomic E-state index is 12.1. The van der Waals surface area contributed by atoms with Crippen LogP contribution in [0.15, 0.2) is 0 Å².